The number of carbonyl (C=O) groups is 1. The molecule has 0 spiro atoms. The second-order valence-electron chi connectivity index (χ2n) is 5.78. The van der Waals surface area contributed by atoms with E-state index in [0.29, 0.717) is 5.57 Å². The van der Waals surface area contributed by atoms with Gasteiger partial charge < -0.3 is 4.74 Å². The minimum absolute atomic E-state index is 0.268. The van der Waals surface area contributed by atoms with Crippen LogP contribution in [0.15, 0.2) is 36.4 Å². The van der Waals surface area contributed by atoms with Crippen LogP contribution < -0.4 is 0 Å². The summed E-state index contributed by atoms with van der Waals surface area (Å²) in [6.07, 6.45) is 6.12. The zero-order valence-corrected chi connectivity index (χ0v) is 12.6. The maximum absolute atomic E-state index is 12.1. The number of hydrogen-bond acceptors (Lipinski definition) is 2. The third-order valence-electron chi connectivity index (χ3n) is 4.08. The van der Waals surface area contributed by atoms with Crippen LogP contribution in [0.1, 0.15) is 57.1 Å². The highest BCUT2D eigenvalue weighted by Gasteiger charge is 2.38. The van der Waals surface area contributed by atoms with Crippen molar-refractivity contribution in [3.8, 4) is 0 Å². The molecule has 1 unspecified atom stereocenters. The monoisotopic (exact) mass is 272 g/mol. The van der Waals surface area contributed by atoms with Gasteiger partial charge in [-0.15, -0.1) is 0 Å². The molecule has 0 amide bonds. The van der Waals surface area contributed by atoms with Crippen molar-refractivity contribution in [2.75, 3.05) is 0 Å². The summed E-state index contributed by atoms with van der Waals surface area (Å²) in [5.41, 5.74) is 2.54. The van der Waals surface area contributed by atoms with Crippen molar-refractivity contribution < 1.29 is 9.53 Å². The van der Waals surface area contributed by atoms with Crippen molar-refractivity contribution in [3.63, 3.8) is 0 Å². The van der Waals surface area contributed by atoms with Crippen molar-refractivity contribution in [1.82, 2.24) is 0 Å². The first-order valence-electron chi connectivity index (χ1n) is 7.56. The topological polar surface area (TPSA) is 26.3 Å². The fourth-order valence-electron chi connectivity index (χ4n) is 3.13. The van der Waals surface area contributed by atoms with Gasteiger partial charge in [-0.25, -0.2) is 4.79 Å². The Morgan fingerprint density at radius 2 is 2.10 bits per heavy atom. The maximum Gasteiger partial charge on any atom is 0.333 e. The highest BCUT2D eigenvalue weighted by atomic mass is 16.6. The number of carbonyl (C=O) groups excluding carboxylic acids is 1. The van der Waals surface area contributed by atoms with Gasteiger partial charge in [0, 0.05) is 5.57 Å². The molecule has 0 bridgehead atoms. The Bertz CT molecular complexity index is 504. The van der Waals surface area contributed by atoms with Crippen LogP contribution in [0.2, 0.25) is 0 Å². The van der Waals surface area contributed by atoms with Gasteiger partial charge in [0.05, 0.1) is 0 Å². The molecule has 0 aromatic heterocycles. The van der Waals surface area contributed by atoms with Crippen molar-refractivity contribution in [2.45, 2.75) is 58.0 Å². The van der Waals surface area contributed by atoms with E-state index in [1.54, 1.807) is 6.92 Å². The summed E-state index contributed by atoms with van der Waals surface area (Å²) >= 11 is 0. The van der Waals surface area contributed by atoms with Gasteiger partial charge in [0.25, 0.3) is 0 Å². The Hall–Kier alpha value is -1.57. The molecule has 1 aliphatic rings. The van der Waals surface area contributed by atoms with Gasteiger partial charge in [0.1, 0.15) is 5.60 Å². The highest BCUT2D eigenvalue weighted by Crippen LogP contribution is 2.41. The average molecular weight is 272 g/mol. The maximum atomic E-state index is 12.1. The summed E-state index contributed by atoms with van der Waals surface area (Å²) in [5, 5.41) is 0. The lowest BCUT2D eigenvalue weighted by molar-refractivity contribution is -0.158. The van der Waals surface area contributed by atoms with Crippen molar-refractivity contribution in [2.24, 2.45) is 0 Å². The van der Waals surface area contributed by atoms with E-state index in [2.05, 4.69) is 31.7 Å². The smallest absolute Gasteiger partial charge is 0.333 e. The number of ether oxygens (including phenoxy) is 1. The van der Waals surface area contributed by atoms with Crippen LogP contribution in [0.5, 0.6) is 0 Å². The van der Waals surface area contributed by atoms with E-state index in [1.165, 1.54) is 11.1 Å². The number of rotatable bonds is 4. The Kier molecular flexibility index (Phi) is 4.64. The summed E-state index contributed by atoms with van der Waals surface area (Å²) in [5.74, 6) is -0.268. The van der Waals surface area contributed by atoms with Gasteiger partial charge in [-0.2, -0.15) is 0 Å². The lowest BCUT2D eigenvalue weighted by Gasteiger charge is -2.34. The van der Waals surface area contributed by atoms with Gasteiger partial charge in [-0.05, 0) is 50.2 Å². The fraction of sp³-hybridized carbons (Fsp3) is 0.500. The van der Waals surface area contributed by atoms with Gasteiger partial charge >= 0.3 is 5.97 Å². The van der Waals surface area contributed by atoms with Crippen LogP contribution >= 0.6 is 0 Å². The van der Waals surface area contributed by atoms with E-state index >= 15 is 0 Å². The summed E-state index contributed by atoms with van der Waals surface area (Å²) in [6, 6.07) is 8.41. The third kappa shape index (κ3) is 2.95. The predicted molar refractivity (Wildman–Crippen MR) is 81.5 cm³/mol. The summed E-state index contributed by atoms with van der Waals surface area (Å²) in [4.78, 5) is 12.1. The molecule has 0 saturated carbocycles. The zero-order valence-electron chi connectivity index (χ0n) is 12.6. The lowest BCUT2D eigenvalue weighted by Crippen LogP contribution is -2.33. The Balaban J connectivity index is 2.44. The predicted octanol–water partition coefficient (Wildman–Crippen LogP) is 4.53. The number of benzene rings is 1. The first-order chi connectivity index (χ1) is 9.59. The van der Waals surface area contributed by atoms with Crippen LogP contribution in [0.25, 0.3) is 0 Å². The van der Waals surface area contributed by atoms with Crippen molar-refractivity contribution in [1.29, 1.82) is 0 Å². The molecule has 1 atom stereocenters. The standard InChI is InChI=1S/C18H24O2/c1-4-12-18(20-17(19)14(2)3)13-8-7-10-15-9-5-6-11-16(15)18/h5-6,9,11H,2,4,7-8,10,12-13H2,1,3H3. The second kappa shape index (κ2) is 6.25. The average Bonchev–Trinajstić information content (AvgIpc) is 2.60. The van der Waals surface area contributed by atoms with Crippen LogP contribution in [0.4, 0.5) is 0 Å². The largest absolute Gasteiger partial charge is 0.451 e. The second-order valence-corrected chi connectivity index (χ2v) is 5.78. The number of esters is 1. The molecular formula is C18H24O2. The Morgan fingerprint density at radius 3 is 2.80 bits per heavy atom. The van der Waals surface area contributed by atoms with E-state index in [-0.39, 0.29) is 5.97 Å². The number of fused-ring (bicyclic) bond motifs is 1. The highest BCUT2D eigenvalue weighted by molar-refractivity contribution is 5.87. The lowest BCUT2D eigenvalue weighted by atomic mass is 9.84. The number of aryl methyl sites for hydroxylation is 1. The summed E-state index contributed by atoms with van der Waals surface area (Å²) < 4.78 is 5.95. The molecule has 2 nitrogen and oxygen atoms in total. The van der Waals surface area contributed by atoms with Gasteiger partial charge in [0.2, 0.25) is 0 Å². The molecule has 20 heavy (non-hydrogen) atoms. The minimum atomic E-state index is -0.460. The van der Waals surface area contributed by atoms with Crippen LogP contribution in [-0.2, 0) is 21.6 Å². The quantitative estimate of drug-likeness (QED) is 0.457. The van der Waals surface area contributed by atoms with E-state index in [4.69, 9.17) is 4.74 Å². The first-order valence-corrected chi connectivity index (χ1v) is 7.56. The molecule has 1 aromatic rings. The number of hydrogen-bond donors (Lipinski definition) is 0. The molecule has 0 fully saturated rings. The van der Waals surface area contributed by atoms with Gasteiger partial charge in [0.15, 0.2) is 0 Å². The van der Waals surface area contributed by atoms with Crippen LogP contribution in [0.3, 0.4) is 0 Å². The molecule has 1 aromatic carbocycles. The van der Waals surface area contributed by atoms with Crippen LogP contribution in [0, 0.1) is 0 Å². The van der Waals surface area contributed by atoms with E-state index in [9.17, 15) is 4.79 Å². The summed E-state index contributed by atoms with van der Waals surface area (Å²) in [6.45, 7) is 7.57. The van der Waals surface area contributed by atoms with Crippen molar-refractivity contribution in [3.05, 3.63) is 47.5 Å². The van der Waals surface area contributed by atoms with E-state index in [0.717, 1.165) is 38.5 Å². The molecule has 2 rings (SSSR count). The summed E-state index contributed by atoms with van der Waals surface area (Å²) in [7, 11) is 0. The molecule has 108 valence electrons. The van der Waals surface area contributed by atoms with Gasteiger partial charge in [-0.3, -0.25) is 0 Å². The Labute approximate surface area is 121 Å². The molecule has 1 aliphatic carbocycles. The molecule has 0 heterocycles. The molecule has 0 radical (unpaired) electrons. The Morgan fingerprint density at radius 1 is 1.35 bits per heavy atom. The molecule has 2 heteroatoms. The SMILES string of the molecule is C=C(C)C(=O)OC1(CCC)CCCCc2ccccc21. The van der Waals surface area contributed by atoms with E-state index < -0.39 is 5.60 Å². The normalized spacial score (nSPS) is 21.7. The van der Waals surface area contributed by atoms with Gasteiger partial charge in [-0.1, -0.05) is 44.2 Å². The van der Waals surface area contributed by atoms with Crippen LogP contribution in [-0.4, -0.2) is 5.97 Å². The minimum Gasteiger partial charge on any atom is -0.451 e. The first kappa shape index (κ1) is 14.8. The van der Waals surface area contributed by atoms with Crippen molar-refractivity contribution >= 4 is 5.97 Å². The molecule has 0 N–H and O–H groups in total. The third-order valence-corrected chi connectivity index (χ3v) is 4.08. The molecule has 0 aliphatic heterocycles. The van der Waals surface area contributed by atoms with E-state index in [1.807, 2.05) is 6.07 Å². The molecule has 0 saturated heterocycles. The fourth-order valence-corrected chi connectivity index (χ4v) is 3.13. The zero-order chi connectivity index (χ0) is 14.6. The molecular weight excluding hydrogens is 248 g/mol.